The molecule has 2 saturated heterocycles. The van der Waals surface area contributed by atoms with Crippen LogP contribution in [-0.2, 0) is 10.0 Å². The van der Waals surface area contributed by atoms with Crippen molar-refractivity contribution in [2.75, 3.05) is 32.7 Å². The van der Waals surface area contributed by atoms with E-state index in [1.807, 2.05) is 0 Å². The molecule has 0 amide bonds. The number of hydrogen-bond donors (Lipinski definition) is 2. The molecule has 1 atom stereocenters. The zero-order valence-corrected chi connectivity index (χ0v) is 15.4. The van der Waals surface area contributed by atoms with Gasteiger partial charge in [-0.15, -0.1) is 12.4 Å². The minimum absolute atomic E-state index is 0. The molecule has 0 unspecified atom stereocenters. The lowest BCUT2D eigenvalue weighted by Crippen LogP contribution is -2.59. The van der Waals surface area contributed by atoms with E-state index >= 15 is 0 Å². The van der Waals surface area contributed by atoms with Gasteiger partial charge in [-0.1, -0.05) is 0 Å². The van der Waals surface area contributed by atoms with Crippen LogP contribution in [0.4, 0.5) is 0 Å². The molecule has 2 N–H and O–H groups in total. The molecule has 0 aromatic carbocycles. The van der Waals surface area contributed by atoms with Gasteiger partial charge >= 0.3 is 0 Å². The zero-order chi connectivity index (χ0) is 15.2. The fourth-order valence-corrected chi connectivity index (χ4v) is 6.29. The van der Waals surface area contributed by atoms with Crippen molar-refractivity contribution in [1.82, 2.24) is 14.9 Å². The van der Waals surface area contributed by atoms with Gasteiger partial charge in [0.2, 0.25) is 10.0 Å². The molecule has 7 heteroatoms. The molecule has 5 nitrogen and oxygen atoms in total. The van der Waals surface area contributed by atoms with Gasteiger partial charge in [-0.25, -0.2) is 13.1 Å². The molecule has 2 aliphatic carbocycles. The Morgan fingerprint density at radius 3 is 2.35 bits per heavy atom. The summed E-state index contributed by atoms with van der Waals surface area (Å²) in [7, 11) is -3.01. The van der Waals surface area contributed by atoms with Gasteiger partial charge in [-0.3, -0.25) is 0 Å². The maximum absolute atomic E-state index is 12.0. The summed E-state index contributed by atoms with van der Waals surface area (Å²) in [5.41, 5.74) is 0.507. The summed E-state index contributed by atoms with van der Waals surface area (Å²) >= 11 is 0. The molecule has 4 rings (SSSR count). The highest BCUT2D eigenvalue weighted by atomic mass is 35.5. The Bertz CT molecular complexity index is 501. The number of hydrogen-bond acceptors (Lipinski definition) is 4. The third kappa shape index (κ3) is 4.03. The van der Waals surface area contributed by atoms with Crippen molar-refractivity contribution < 1.29 is 8.42 Å². The number of rotatable bonds is 5. The van der Waals surface area contributed by atoms with Gasteiger partial charge < -0.3 is 10.2 Å². The smallest absolute Gasteiger partial charge is 0.214 e. The van der Waals surface area contributed by atoms with E-state index < -0.39 is 10.0 Å². The summed E-state index contributed by atoms with van der Waals surface area (Å²) in [5, 5.41) is 3.37. The van der Waals surface area contributed by atoms with Crippen molar-refractivity contribution in [2.45, 2.75) is 56.2 Å². The van der Waals surface area contributed by atoms with Crippen LogP contribution in [0.2, 0.25) is 0 Å². The first-order valence-electron chi connectivity index (χ1n) is 8.99. The van der Waals surface area contributed by atoms with Gasteiger partial charge in [-0.05, 0) is 69.4 Å². The maximum Gasteiger partial charge on any atom is 0.214 e. The lowest BCUT2D eigenvalue weighted by Gasteiger charge is -2.54. The number of nitrogens with zero attached hydrogens (tertiary/aromatic N) is 1. The van der Waals surface area contributed by atoms with Crippen molar-refractivity contribution in [3.05, 3.63) is 0 Å². The first kappa shape index (κ1) is 17.9. The molecule has 0 aromatic rings. The molecule has 0 bridgehead atoms. The van der Waals surface area contributed by atoms with Crippen LogP contribution in [0.3, 0.4) is 0 Å². The van der Waals surface area contributed by atoms with Crippen molar-refractivity contribution in [3.63, 3.8) is 0 Å². The second kappa shape index (κ2) is 6.79. The quantitative estimate of drug-likeness (QED) is 0.774. The molecule has 0 radical (unpaired) electrons. The molecule has 2 aliphatic heterocycles. The Morgan fingerprint density at radius 1 is 1.09 bits per heavy atom. The van der Waals surface area contributed by atoms with Crippen molar-refractivity contribution in [3.8, 4) is 0 Å². The maximum atomic E-state index is 12.0. The molecule has 134 valence electrons. The molecule has 4 fully saturated rings. The summed E-state index contributed by atoms with van der Waals surface area (Å²) in [5.74, 6) is 0.846. The van der Waals surface area contributed by atoms with E-state index in [-0.39, 0.29) is 23.7 Å². The van der Waals surface area contributed by atoms with Crippen LogP contribution in [0.5, 0.6) is 0 Å². The van der Waals surface area contributed by atoms with E-state index in [9.17, 15) is 8.42 Å². The van der Waals surface area contributed by atoms with Gasteiger partial charge in [0.05, 0.1) is 5.25 Å². The predicted octanol–water partition coefficient (Wildman–Crippen LogP) is 1.34. The van der Waals surface area contributed by atoms with E-state index in [0.717, 1.165) is 31.6 Å². The van der Waals surface area contributed by atoms with Gasteiger partial charge in [-0.2, -0.15) is 0 Å². The van der Waals surface area contributed by atoms with Crippen LogP contribution in [0.25, 0.3) is 0 Å². The van der Waals surface area contributed by atoms with Gasteiger partial charge in [0.1, 0.15) is 0 Å². The summed E-state index contributed by atoms with van der Waals surface area (Å²) < 4.78 is 27.0. The summed E-state index contributed by atoms with van der Waals surface area (Å²) in [6.45, 7) is 6.12. The second-order valence-corrected chi connectivity index (χ2v) is 10.2. The summed E-state index contributed by atoms with van der Waals surface area (Å²) in [6, 6.07) is 0.198. The molecule has 23 heavy (non-hydrogen) atoms. The summed E-state index contributed by atoms with van der Waals surface area (Å²) in [4.78, 5) is 2.62. The zero-order valence-electron chi connectivity index (χ0n) is 13.8. The van der Waals surface area contributed by atoms with Crippen LogP contribution in [0.1, 0.15) is 44.9 Å². The monoisotopic (exact) mass is 363 g/mol. The van der Waals surface area contributed by atoms with Crippen LogP contribution in [-0.4, -0.2) is 57.3 Å². The Morgan fingerprint density at radius 2 is 1.78 bits per heavy atom. The van der Waals surface area contributed by atoms with Crippen LogP contribution in [0, 0.1) is 11.3 Å². The first-order valence-corrected chi connectivity index (χ1v) is 10.5. The van der Waals surface area contributed by atoms with Gasteiger partial charge in [0.25, 0.3) is 0 Å². The molecule has 2 saturated carbocycles. The third-order valence-electron chi connectivity index (χ3n) is 6.14. The topological polar surface area (TPSA) is 61.4 Å². The minimum atomic E-state index is -3.01. The third-order valence-corrected chi connectivity index (χ3v) is 8.15. The average Bonchev–Trinajstić information content (AvgIpc) is 3.19. The van der Waals surface area contributed by atoms with Crippen molar-refractivity contribution in [2.24, 2.45) is 11.3 Å². The van der Waals surface area contributed by atoms with Gasteiger partial charge in [0.15, 0.2) is 0 Å². The number of nitrogens with one attached hydrogen (secondary N) is 2. The van der Waals surface area contributed by atoms with Crippen molar-refractivity contribution in [1.29, 1.82) is 0 Å². The second-order valence-electron chi connectivity index (χ2n) is 8.16. The number of likely N-dealkylation sites (tertiary alicyclic amines) is 1. The minimum Gasteiger partial charge on any atom is -0.316 e. The molecule has 0 aromatic heterocycles. The molecule has 1 spiro atoms. The highest BCUT2D eigenvalue weighted by molar-refractivity contribution is 7.90. The molecule has 4 aliphatic rings. The van der Waals surface area contributed by atoms with Gasteiger partial charge in [0, 0.05) is 25.7 Å². The largest absolute Gasteiger partial charge is 0.316 e. The van der Waals surface area contributed by atoms with E-state index in [2.05, 4.69) is 14.9 Å². The molecular formula is C16H30ClN3O2S. The van der Waals surface area contributed by atoms with Crippen LogP contribution < -0.4 is 10.0 Å². The lowest BCUT2D eigenvalue weighted by atomic mass is 9.67. The fourth-order valence-electron chi connectivity index (χ4n) is 4.64. The standard InChI is InChI=1S/C16H29N3O2S.ClH/c20-22(21,15-1-2-15)18-14-3-6-16(7-4-14)11-19(12-16)10-13-5-8-17-9-13;/h13-15,17-18H,1-12H2;1H/t13-;/m1./s1. The van der Waals surface area contributed by atoms with Crippen molar-refractivity contribution >= 4 is 22.4 Å². The summed E-state index contributed by atoms with van der Waals surface area (Å²) in [6.07, 6.45) is 7.51. The Labute approximate surface area is 146 Å². The highest BCUT2D eigenvalue weighted by Gasteiger charge is 2.46. The predicted molar refractivity (Wildman–Crippen MR) is 94.4 cm³/mol. The van der Waals surface area contributed by atoms with E-state index in [0.29, 0.717) is 5.41 Å². The van der Waals surface area contributed by atoms with E-state index in [1.54, 1.807) is 0 Å². The SMILES string of the molecule is Cl.O=S(=O)(NC1CCC2(CC1)CN(C[C@@H]1CCNC1)C2)C1CC1. The highest BCUT2D eigenvalue weighted by Crippen LogP contribution is 2.44. The van der Waals surface area contributed by atoms with E-state index in [1.165, 1.54) is 52.0 Å². The fraction of sp³-hybridized carbons (Fsp3) is 1.00. The average molecular weight is 364 g/mol. The van der Waals surface area contributed by atoms with E-state index in [4.69, 9.17) is 0 Å². The number of sulfonamides is 1. The lowest BCUT2D eigenvalue weighted by molar-refractivity contribution is -0.0387. The number of halogens is 1. The Balaban J connectivity index is 0.00000156. The van der Waals surface area contributed by atoms with Crippen LogP contribution in [0.15, 0.2) is 0 Å². The first-order chi connectivity index (χ1) is 10.5. The van der Waals surface area contributed by atoms with Crippen LogP contribution >= 0.6 is 12.4 Å². The molecule has 2 heterocycles. The molecular weight excluding hydrogens is 334 g/mol. The normalized spacial score (nSPS) is 31.7. The Kier molecular flexibility index (Phi) is 5.29. The Hall–Kier alpha value is 0.120.